The zero-order chi connectivity index (χ0) is 13.7. The van der Waals surface area contributed by atoms with Crippen molar-refractivity contribution in [3.05, 3.63) is 70.8 Å². The van der Waals surface area contributed by atoms with Crippen molar-refractivity contribution >= 4 is 0 Å². The summed E-state index contributed by atoms with van der Waals surface area (Å²) in [6.07, 6.45) is 1.08. The first kappa shape index (κ1) is 13.8. The fraction of sp³-hybridized carbons (Fsp3) is 0.333. The Labute approximate surface area is 116 Å². The average molecular weight is 253 g/mol. The first-order valence-electron chi connectivity index (χ1n) is 6.99. The molecule has 0 saturated heterocycles. The van der Waals surface area contributed by atoms with Gasteiger partial charge in [0.25, 0.3) is 0 Å². The van der Waals surface area contributed by atoms with Crippen LogP contribution in [0.3, 0.4) is 0 Å². The average Bonchev–Trinajstić information content (AvgIpc) is 2.42. The summed E-state index contributed by atoms with van der Waals surface area (Å²) in [7, 11) is 0. The van der Waals surface area contributed by atoms with Gasteiger partial charge in [-0.1, -0.05) is 48.5 Å². The van der Waals surface area contributed by atoms with Gasteiger partial charge in [0.2, 0.25) is 0 Å². The third-order valence-corrected chi connectivity index (χ3v) is 3.74. The maximum Gasteiger partial charge on any atom is 0.0210 e. The van der Waals surface area contributed by atoms with E-state index in [-0.39, 0.29) is 0 Å². The molecule has 0 bridgehead atoms. The minimum Gasteiger partial charge on any atom is -0.310 e. The number of hydrogen-bond acceptors (Lipinski definition) is 1. The Kier molecular flexibility index (Phi) is 4.75. The van der Waals surface area contributed by atoms with E-state index in [1.807, 2.05) is 0 Å². The second-order valence-electron chi connectivity index (χ2n) is 5.33. The van der Waals surface area contributed by atoms with Crippen molar-refractivity contribution in [1.29, 1.82) is 0 Å². The zero-order valence-corrected chi connectivity index (χ0v) is 12.1. The summed E-state index contributed by atoms with van der Waals surface area (Å²) >= 11 is 0. The molecule has 0 spiro atoms. The minimum absolute atomic E-state index is 0.488. The van der Waals surface area contributed by atoms with E-state index in [2.05, 4.69) is 74.6 Å². The molecule has 2 aromatic carbocycles. The van der Waals surface area contributed by atoms with Crippen LogP contribution in [0.4, 0.5) is 0 Å². The summed E-state index contributed by atoms with van der Waals surface area (Å²) in [5.74, 6) is 0. The van der Waals surface area contributed by atoms with E-state index < -0.39 is 0 Å². The highest BCUT2D eigenvalue weighted by Gasteiger charge is 2.05. The minimum atomic E-state index is 0.488. The van der Waals surface area contributed by atoms with E-state index in [9.17, 15) is 0 Å². The number of hydrogen-bond donors (Lipinski definition) is 1. The van der Waals surface area contributed by atoms with Gasteiger partial charge >= 0.3 is 0 Å². The Morgan fingerprint density at radius 1 is 0.947 bits per heavy atom. The van der Waals surface area contributed by atoms with Gasteiger partial charge in [0.05, 0.1) is 0 Å². The third kappa shape index (κ3) is 3.93. The van der Waals surface area contributed by atoms with Crippen LogP contribution in [0, 0.1) is 13.8 Å². The van der Waals surface area contributed by atoms with Gasteiger partial charge in [-0.15, -0.1) is 0 Å². The first-order chi connectivity index (χ1) is 9.16. The Hall–Kier alpha value is -1.60. The maximum absolute atomic E-state index is 3.62. The van der Waals surface area contributed by atoms with Crippen LogP contribution < -0.4 is 5.32 Å². The lowest BCUT2D eigenvalue weighted by molar-refractivity contribution is 0.544. The van der Waals surface area contributed by atoms with Crippen molar-refractivity contribution in [1.82, 2.24) is 5.32 Å². The molecule has 0 aromatic heterocycles. The van der Waals surface area contributed by atoms with Crippen molar-refractivity contribution in [3.8, 4) is 0 Å². The fourth-order valence-corrected chi connectivity index (χ4v) is 2.33. The van der Waals surface area contributed by atoms with E-state index >= 15 is 0 Å². The van der Waals surface area contributed by atoms with Crippen LogP contribution in [0.25, 0.3) is 0 Å². The topological polar surface area (TPSA) is 12.0 Å². The van der Waals surface area contributed by atoms with E-state index in [4.69, 9.17) is 0 Å². The van der Waals surface area contributed by atoms with Gasteiger partial charge in [-0.25, -0.2) is 0 Å². The van der Waals surface area contributed by atoms with Crippen molar-refractivity contribution in [2.24, 2.45) is 0 Å². The lowest BCUT2D eigenvalue weighted by Crippen LogP contribution is -2.27. The summed E-state index contributed by atoms with van der Waals surface area (Å²) in [6, 6.07) is 17.7. The largest absolute Gasteiger partial charge is 0.310 e. The van der Waals surface area contributed by atoms with Crippen molar-refractivity contribution in [2.45, 2.75) is 39.8 Å². The van der Waals surface area contributed by atoms with Crippen molar-refractivity contribution < 1.29 is 0 Å². The highest BCUT2D eigenvalue weighted by atomic mass is 14.9. The third-order valence-electron chi connectivity index (χ3n) is 3.74. The summed E-state index contributed by atoms with van der Waals surface area (Å²) in [5.41, 5.74) is 5.57. The van der Waals surface area contributed by atoms with Gasteiger partial charge in [0.1, 0.15) is 0 Å². The molecule has 0 saturated carbocycles. The number of benzene rings is 2. The Morgan fingerprint density at radius 3 is 2.42 bits per heavy atom. The van der Waals surface area contributed by atoms with Crippen molar-refractivity contribution in [3.63, 3.8) is 0 Å². The summed E-state index contributed by atoms with van der Waals surface area (Å²) < 4.78 is 0. The molecule has 0 fully saturated rings. The van der Waals surface area contributed by atoms with E-state index in [1.54, 1.807) is 0 Å². The van der Waals surface area contributed by atoms with Gasteiger partial charge in [-0.3, -0.25) is 0 Å². The number of nitrogens with one attached hydrogen (secondary N) is 1. The molecule has 100 valence electrons. The monoisotopic (exact) mass is 253 g/mol. The molecular formula is C18H23N. The molecule has 2 aromatic rings. The van der Waals surface area contributed by atoms with Crippen LogP contribution in [0.2, 0.25) is 0 Å². The molecule has 0 aliphatic heterocycles. The van der Waals surface area contributed by atoms with Gasteiger partial charge < -0.3 is 5.32 Å². The predicted molar refractivity (Wildman–Crippen MR) is 82.4 cm³/mol. The molecule has 1 unspecified atom stereocenters. The second kappa shape index (κ2) is 6.53. The summed E-state index contributed by atoms with van der Waals surface area (Å²) in [4.78, 5) is 0. The molecule has 19 heavy (non-hydrogen) atoms. The normalized spacial score (nSPS) is 12.4. The maximum atomic E-state index is 3.62. The van der Waals surface area contributed by atoms with Gasteiger partial charge in [-0.05, 0) is 49.4 Å². The molecule has 1 nitrogen and oxygen atoms in total. The van der Waals surface area contributed by atoms with Crippen LogP contribution >= 0.6 is 0 Å². The van der Waals surface area contributed by atoms with Crippen LogP contribution in [0.15, 0.2) is 48.5 Å². The smallest absolute Gasteiger partial charge is 0.0210 e. The van der Waals surface area contributed by atoms with E-state index in [0.717, 1.165) is 13.0 Å². The molecule has 1 N–H and O–H groups in total. The number of aryl methyl sites for hydroxylation is 1. The lowest BCUT2D eigenvalue weighted by atomic mass is 10.0. The molecule has 2 rings (SSSR count). The summed E-state index contributed by atoms with van der Waals surface area (Å²) in [6.45, 7) is 7.57. The molecule has 0 radical (unpaired) electrons. The lowest BCUT2D eigenvalue weighted by Gasteiger charge is -2.16. The predicted octanol–water partition coefficient (Wildman–Crippen LogP) is 4.02. The molecular weight excluding hydrogens is 230 g/mol. The van der Waals surface area contributed by atoms with Crippen LogP contribution in [0.1, 0.15) is 29.2 Å². The molecule has 0 amide bonds. The highest BCUT2D eigenvalue weighted by Crippen LogP contribution is 2.13. The number of rotatable bonds is 5. The second-order valence-corrected chi connectivity index (χ2v) is 5.33. The van der Waals surface area contributed by atoms with Crippen LogP contribution in [-0.4, -0.2) is 6.04 Å². The van der Waals surface area contributed by atoms with Crippen molar-refractivity contribution in [2.75, 3.05) is 0 Å². The molecule has 1 heteroatoms. The van der Waals surface area contributed by atoms with Gasteiger partial charge in [-0.2, -0.15) is 0 Å². The fourth-order valence-electron chi connectivity index (χ4n) is 2.33. The SMILES string of the molecule is Cc1cccc(CNC(C)Cc2ccccc2)c1C. The standard InChI is InChI=1S/C18H23N/c1-14-8-7-11-18(16(14)3)13-19-15(2)12-17-9-5-4-6-10-17/h4-11,15,19H,12-13H2,1-3H3. The Bertz CT molecular complexity index is 516. The Balaban J connectivity index is 1.90. The zero-order valence-electron chi connectivity index (χ0n) is 12.1. The molecule has 0 aliphatic rings. The van der Waals surface area contributed by atoms with E-state index in [0.29, 0.717) is 6.04 Å². The first-order valence-corrected chi connectivity index (χ1v) is 6.99. The quantitative estimate of drug-likeness (QED) is 0.848. The molecule has 0 heterocycles. The highest BCUT2D eigenvalue weighted by molar-refractivity contribution is 5.33. The summed E-state index contributed by atoms with van der Waals surface area (Å²) in [5, 5.41) is 3.62. The molecule has 1 atom stereocenters. The van der Waals surface area contributed by atoms with Crippen LogP contribution in [-0.2, 0) is 13.0 Å². The van der Waals surface area contributed by atoms with E-state index in [1.165, 1.54) is 22.3 Å². The Morgan fingerprint density at radius 2 is 1.68 bits per heavy atom. The van der Waals surface area contributed by atoms with Gasteiger partial charge in [0.15, 0.2) is 0 Å². The van der Waals surface area contributed by atoms with Crippen LogP contribution in [0.5, 0.6) is 0 Å². The molecule has 0 aliphatic carbocycles. The van der Waals surface area contributed by atoms with Gasteiger partial charge in [0, 0.05) is 12.6 Å².